The highest BCUT2D eigenvalue weighted by molar-refractivity contribution is 7.87. The molecule has 7 nitrogen and oxygen atoms in total. The van der Waals surface area contributed by atoms with Gasteiger partial charge in [-0.05, 0) is 42.3 Å². The number of nitro groups is 1. The Kier molecular flexibility index (Phi) is 5.30. The van der Waals surface area contributed by atoms with Crippen LogP contribution < -0.4 is 8.92 Å². The molecule has 9 heteroatoms. The van der Waals surface area contributed by atoms with Crippen LogP contribution in [-0.2, 0) is 16.5 Å². The molecule has 0 aromatic heterocycles. The third kappa shape index (κ3) is 3.77. The first-order chi connectivity index (χ1) is 11.3. The van der Waals surface area contributed by atoms with E-state index >= 15 is 0 Å². The van der Waals surface area contributed by atoms with Crippen LogP contribution in [-0.4, -0.2) is 20.5 Å². The van der Waals surface area contributed by atoms with E-state index in [0.29, 0.717) is 17.0 Å². The number of nitro benzene ring substituents is 1. The van der Waals surface area contributed by atoms with E-state index in [0.717, 1.165) is 12.1 Å². The highest BCUT2D eigenvalue weighted by Gasteiger charge is 2.28. The van der Waals surface area contributed by atoms with Gasteiger partial charge in [0.15, 0.2) is 4.90 Å². The normalized spacial score (nSPS) is 11.1. The molecule has 0 radical (unpaired) electrons. The van der Waals surface area contributed by atoms with Gasteiger partial charge in [0, 0.05) is 5.02 Å². The van der Waals surface area contributed by atoms with Crippen LogP contribution in [0.4, 0.5) is 5.69 Å². The molecule has 0 amide bonds. The molecule has 0 spiro atoms. The molecule has 0 aliphatic carbocycles. The van der Waals surface area contributed by atoms with Crippen molar-refractivity contribution in [3.8, 4) is 11.5 Å². The topological polar surface area (TPSA) is 95.7 Å². The van der Waals surface area contributed by atoms with Crippen LogP contribution >= 0.6 is 11.6 Å². The lowest BCUT2D eigenvalue weighted by Crippen LogP contribution is -2.12. The Morgan fingerprint density at radius 2 is 1.83 bits per heavy atom. The monoisotopic (exact) mass is 371 g/mol. The molecule has 0 heterocycles. The average Bonchev–Trinajstić information content (AvgIpc) is 2.55. The number of aryl methyl sites for hydroxylation is 1. The summed E-state index contributed by atoms with van der Waals surface area (Å²) in [5.74, 6) is 0.196. The number of ether oxygens (including phenoxy) is 1. The minimum absolute atomic E-state index is 0.0290. The van der Waals surface area contributed by atoms with Crippen molar-refractivity contribution >= 4 is 27.4 Å². The fourth-order valence-electron chi connectivity index (χ4n) is 2.02. The van der Waals surface area contributed by atoms with Gasteiger partial charge >= 0.3 is 10.1 Å². The zero-order valence-corrected chi connectivity index (χ0v) is 14.4. The number of benzene rings is 2. The lowest BCUT2D eigenvalue weighted by atomic mass is 10.2. The molecule has 2 aromatic rings. The van der Waals surface area contributed by atoms with Crippen molar-refractivity contribution in [1.29, 1.82) is 0 Å². The van der Waals surface area contributed by atoms with Crippen molar-refractivity contribution in [1.82, 2.24) is 0 Å². The second-order valence-electron chi connectivity index (χ2n) is 4.73. The van der Waals surface area contributed by atoms with E-state index in [-0.39, 0.29) is 11.5 Å². The smallest absolute Gasteiger partial charge is 0.346 e. The summed E-state index contributed by atoms with van der Waals surface area (Å²) >= 11 is 5.98. The average molecular weight is 372 g/mol. The maximum absolute atomic E-state index is 12.4. The van der Waals surface area contributed by atoms with Gasteiger partial charge in [-0.2, -0.15) is 8.42 Å². The predicted molar refractivity (Wildman–Crippen MR) is 88.3 cm³/mol. The van der Waals surface area contributed by atoms with Gasteiger partial charge in [0.05, 0.1) is 18.1 Å². The van der Waals surface area contributed by atoms with Crippen molar-refractivity contribution in [2.45, 2.75) is 18.2 Å². The summed E-state index contributed by atoms with van der Waals surface area (Å²) in [5, 5.41) is 11.6. The van der Waals surface area contributed by atoms with Crippen LogP contribution in [0.5, 0.6) is 11.5 Å². The number of halogens is 1. The zero-order valence-electron chi connectivity index (χ0n) is 12.9. The van der Waals surface area contributed by atoms with Gasteiger partial charge in [-0.25, -0.2) is 0 Å². The highest BCUT2D eigenvalue weighted by atomic mass is 35.5. The lowest BCUT2D eigenvalue weighted by Gasteiger charge is -2.10. The number of methoxy groups -OCH3 is 1. The molecule has 128 valence electrons. The van der Waals surface area contributed by atoms with Gasteiger partial charge in [-0.3, -0.25) is 10.1 Å². The van der Waals surface area contributed by atoms with Crippen molar-refractivity contribution in [2.75, 3.05) is 7.11 Å². The van der Waals surface area contributed by atoms with Crippen LogP contribution in [0.15, 0.2) is 41.3 Å². The number of hydrogen-bond donors (Lipinski definition) is 0. The molecule has 0 N–H and O–H groups in total. The van der Waals surface area contributed by atoms with E-state index in [2.05, 4.69) is 0 Å². The molecule has 0 aliphatic heterocycles. The highest BCUT2D eigenvalue weighted by Crippen LogP contribution is 2.31. The Hall–Kier alpha value is -2.32. The zero-order chi connectivity index (χ0) is 17.9. The predicted octanol–water partition coefficient (Wildman–Crippen LogP) is 3.59. The Labute approximate surface area is 144 Å². The molecule has 0 unspecified atom stereocenters. The molecular weight excluding hydrogens is 358 g/mol. The third-order valence-electron chi connectivity index (χ3n) is 3.24. The van der Waals surface area contributed by atoms with Crippen LogP contribution in [0.2, 0.25) is 5.02 Å². The summed E-state index contributed by atoms with van der Waals surface area (Å²) in [7, 11) is -3.07. The second kappa shape index (κ2) is 7.06. The lowest BCUT2D eigenvalue weighted by molar-refractivity contribution is -0.388. The van der Waals surface area contributed by atoms with Crippen molar-refractivity contribution < 1.29 is 22.3 Å². The van der Waals surface area contributed by atoms with Crippen LogP contribution in [0.1, 0.15) is 12.5 Å². The largest absolute Gasteiger partial charge is 0.497 e. The van der Waals surface area contributed by atoms with Gasteiger partial charge in [-0.15, -0.1) is 0 Å². The van der Waals surface area contributed by atoms with E-state index in [9.17, 15) is 18.5 Å². The number of hydrogen-bond acceptors (Lipinski definition) is 6. The second-order valence-corrected chi connectivity index (χ2v) is 6.66. The van der Waals surface area contributed by atoms with Crippen LogP contribution in [0, 0.1) is 10.1 Å². The van der Waals surface area contributed by atoms with Crippen LogP contribution in [0.3, 0.4) is 0 Å². The molecule has 0 bridgehead atoms. The first-order valence-corrected chi connectivity index (χ1v) is 8.62. The van der Waals surface area contributed by atoms with Crippen molar-refractivity contribution in [3.63, 3.8) is 0 Å². The SMILES string of the molecule is CCc1cc(OS(=O)(=O)c2ccc(OC)cc2[N+](=O)[O-])ccc1Cl. The van der Waals surface area contributed by atoms with E-state index < -0.39 is 25.6 Å². The molecule has 24 heavy (non-hydrogen) atoms. The standard InChI is InChI=1S/C15H14ClNO6S/c1-3-10-8-12(4-6-13(10)16)23-24(20,21)15-7-5-11(22-2)9-14(15)17(18)19/h4-9H,3H2,1-2H3. The molecule has 0 saturated heterocycles. The minimum Gasteiger partial charge on any atom is -0.497 e. The summed E-state index contributed by atoms with van der Waals surface area (Å²) in [6, 6.07) is 7.78. The first-order valence-electron chi connectivity index (χ1n) is 6.84. The van der Waals surface area contributed by atoms with Gasteiger partial charge in [0.1, 0.15) is 11.5 Å². The van der Waals surface area contributed by atoms with E-state index in [1.807, 2.05) is 6.92 Å². The maximum atomic E-state index is 12.4. The number of rotatable bonds is 6. The van der Waals surface area contributed by atoms with Gasteiger partial charge in [0.2, 0.25) is 0 Å². The van der Waals surface area contributed by atoms with Crippen molar-refractivity contribution in [3.05, 3.63) is 57.1 Å². The fraction of sp³-hybridized carbons (Fsp3) is 0.200. The van der Waals surface area contributed by atoms with Gasteiger partial charge in [0.25, 0.3) is 5.69 Å². The molecular formula is C15H14ClNO6S. The molecule has 2 aromatic carbocycles. The summed E-state index contributed by atoms with van der Waals surface area (Å²) in [6.07, 6.45) is 0.582. The Balaban J connectivity index is 2.46. The van der Waals surface area contributed by atoms with Gasteiger partial charge < -0.3 is 8.92 Å². The molecule has 0 aliphatic rings. The molecule has 0 fully saturated rings. The Bertz CT molecular complexity index is 882. The fourth-order valence-corrected chi connectivity index (χ4v) is 3.35. The van der Waals surface area contributed by atoms with E-state index in [4.69, 9.17) is 20.5 Å². The third-order valence-corrected chi connectivity index (χ3v) is 4.90. The Morgan fingerprint density at radius 1 is 1.17 bits per heavy atom. The van der Waals surface area contributed by atoms with Crippen LogP contribution in [0.25, 0.3) is 0 Å². The quantitative estimate of drug-likeness (QED) is 0.437. The number of nitrogens with zero attached hydrogens (tertiary/aromatic N) is 1. The van der Waals surface area contributed by atoms with Gasteiger partial charge in [-0.1, -0.05) is 18.5 Å². The van der Waals surface area contributed by atoms with E-state index in [1.165, 1.54) is 31.4 Å². The van der Waals surface area contributed by atoms with E-state index in [1.54, 1.807) is 0 Å². The summed E-state index contributed by atoms with van der Waals surface area (Å²) in [5.41, 5.74) is 0.0765. The Morgan fingerprint density at radius 3 is 2.42 bits per heavy atom. The summed E-state index contributed by atoms with van der Waals surface area (Å²) in [4.78, 5) is 9.78. The maximum Gasteiger partial charge on any atom is 0.346 e. The molecule has 2 rings (SSSR count). The molecule has 0 atom stereocenters. The summed E-state index contributed by atoms with van der Waals surface area (Å²) < 4.78 is 34.7. The molecule has 0 saturated carbocycles. The minimum atomic E-state index is -4.39. The first kappa shape index (κ1) is 18.0. The van der Waals surface area contributed by atoms with Crippen molar-refractivity contribution in [2.24, 2.45) is 0 Å². The summed E-state index contributed by atoms with van der Waals surface area (Å²) in [6.45, 7) is 1.85.